The highest BCUT2D eigenvalue weighted by Gasteiger charge is 2.42. The van der Waals surface area contributed by atoms with Crippen LogP contribution in [0.1, 0.15) is 188 Å². The minimum atomic E-state index is -0.242. The van der Waals surface area contributed by atoms with Gasteiger partial charge in [-0.25, -0.2) is 4.79 Å². The lowest BCUT2D eigenvalue weighted by atomic mass is 10.00. The molecule has 3 rings (SSSR count). The third kappa shape index (κ3) is 16.8. The van der Waals surface area contributed by atoms with E-state index in [1.54, 1.807) is 0 Å². The van der Waals surface area contributed by atoms with Crippen molar-refractivity contribution in [1.82, 2.24) is 0 Å². The van der Waals surface area contributed by atoms with Crippen molar-refractivity contribution in [1.29, 1.82) is 0 Å². The molecule has 0 aromatic carbocycles. The molecular weight excluding hydrogens is 620 g/mol. The summed E-state index contributed by atoms with van der Waals surface area (Å²) in [6.45, 7) is 7.14. The summed E-state index contributed by atoms with van der Waals surface area (Å²) >= 11 is 0. The highest BCUT2D eigenvalue weighted by Crippen LogP contribution is 2.36. The van der Waals surface area contributed by atoms with Gasteiger partial charge in [0.2, 0.25) is 0 Å². The number of carbonyl (C=O) groups is 3. The van der Waals surface area contributed by atoms with Crippen LogP contribution in [0, 0.1) is 0 Å². The zero-order chi connectivity index (χ0) is 35.3. The van der Waals surface area contributed by atoms with Gasteiger partial charge in [0.25, 0.3) is 0 Å². The van der Waals surface area contributed by atoms with Crippen LogP contribution in [0.15, 0.2) is 11.6 Å². The van der Waals surface area contributed by atoms with Crippen molar-refractivity contribution in [3.8, 4) is 0 Å². The predicted octanol–water partition coefficient (Wildman–Crippen LogP) is 10.0. The van der Waals surface area contributed by atoms with E-state index in [1.807, 2.05) is 13.0 Å². The molecule has 0 N–H and O–H groups in total. The first-order chi connectivity index (χ1) is 23.8. The second-order valence-corrected chi connectivity index (χ2v) is 15.0. The molecule has 0 radical (unpaired) electrons. The van der Waals surface area contributed by atoms with Gasteiger partial charge >= 0.3 is 17.9 Å². The Morgan fingerprint density at radius 1 is 0.653 bits per heavy atom. The predicted molar refractivity (Wildman–Crippen MR) is 193 cm³/mol. The summed E-state index contributed by atoms with van der Waals surface area (Å²) in [5.41, 5.74) is 0.856. The van der Waals surface area contributed by atoms with E-state index in [0.717, 1.165) is 76.2 Å². The van der Waals surface area contributed by atoms with Crippen molar-refractivity contribution < 1.29 is 38.1 Å². The van der Waals surface area contributed by atoms with Gasteiger partial charge in [0, 0.05) is 19.4 Å². The van der Waals surface area contributed by atoms with Crippen LogP contribution in [0.4, 0.5) is 0 Å². The summed E-state index contributed by atoms with van der Waals surface area (Å²) < 4.78 is 29.7. The van der Waals surface area contributed by atoms with Crippen molar-refractivity contribution in [3.63, 3.8) is 0 Å². The van der Waals surface area contributed by atoms with Gasteiger partial charge in [-0.05, 0) is 77.2 Å². The average Bonchev–Trinajstić information content (AvgIpc) is 3.81. The van der Waals surface area contributed by atoms with E-state index in [4.69, 9.17) is 23.7 Å². The minimum absolute atomic E-state index is 0.00286. The summed E-state index contributed by atoms with van der Waals surface area (Å²) in [5.74, 6) is -0.605. The molecule has 2 saturated heterocycles. The molecule has 3 aliphatic rings. The Hall–Kier alpha value is -1.93. The second-order valence-electron chi connectivity index (χ2n) is 15.0. The van der Waals surface area contributed by atoms with Crippen LogP contribution in [0.5, 0.6) is 0 Å². The lowest BCUT2D eigenvalue weighted by Crippen LogP contribution is -2.35. The van der Waals surface area contributed by atoms with Crippen molar-refractivity contribution in [2.75, 3.05) is 0 Å². The first kappa shape index (κ1) is 41.5. The molecule has 0 aromatic rings. The molecule has 8 nitrogen and oxygen atoms in total. The van der Waals surface area contributed by atoms with Gasteiger partial charge in [0.05, 0.1) is 24.4 Å². The summed E-state index contributed by atoms with van der Waals surface area (Å²) in [5, 5.41) is 0. The third-order valence-corrected chi connectivity index (χ3v) is 10.6. The van der Waals surface area contributed by atoms with E-state index in [1.165, 1.54) is 104 Å². The number of rotatable bonds is 27. The lowest BCUT2D eigenvalue weighted by Gasteiger charge is -2.27. The zero-order valence-corrected chi connectivity index (χ0v) is 31.6. The average molecular weight is 691 g/mol. The molecule has 49 heavy (non-hydrogen) atoms. The summed E-state index contributed by atoms with van der Waals surface area (Å²) in [7, 11) is 0. The Kier molecular flexibility index (Phi) is 20.6. The van der Waals surface area contributed by atoms with Crippen LogP contribution in [0.2, 0.25) is 0 Å². The Morgan fingerprint density at radius 2 is 1.06 bits per heavy atom. The molecule has 0 saturated carbocycles. The number of hydrogen-bond donors (Lipinski definition) is 0. The van der Waals surface area contributed by atoms with Crippen LogP contribution < -0.4 is 0 Å². The standard InChI is InChI=1S/C41H70O8/c1-5-6-7-8-9-15-18-21-24-35(46-32(3)42)37-26-28-39(48-37)40-29-27-38(49-40)36(47-33(4)43)25-22-19-16-13-11-10-12-14-17-20-23-34-30-31(2)45-41(34)44/h30-31,35-40H,5-29H2,1-4H3/t31-,35+,36+,37+,38+,39-,40-/m0/s1. The number of cyclic esters (lactones) is 1. The van der Waals surface area contributed by atoms with Gasteiger partial charge in [-0.3, -0.25) is 9.59 Å². The van der Waals surface area contributed by atoms with Crippen LogP contribution in [-0.2, 0) is 38.1 Å². The molecule has 2 fully saturated rings. The molecule has 0 aliphatic carbocycles. The van der Waals surface area contributed by atoms with Crippen molar-refractivity contribution in [2.45, 2.75) is 231 Å². The smallest absolute Gasteiger partial charge is 0.334 e. The Labute approximate surface area is 298 Å². The number of unbranched alkanes of at least 4 members (excludes halogenated alkanes) is 16. The van der Waals surface area contributed by atoms with E-state index >= 15 is 0 Å². The zero-order valence-electron chi connectivity index (χ0n) is 31.6. The second kappa shape index (κ2) is 24.3. The molecule has 7 atom stereocenters. The van der Waals surface area contributed by atoms with Crippen LogP contribution in [0.3, 0.4) is 0 Å². The molecule has 282 valence electrons. The molecule has 3 aliphatic heterocycles. The number of hydrogen-bond acceptors (Lipinski definition) is 8. The molecule has 0 unspecified atom stereocenters. The topological polar surface area (TPSA) is 97.4 Å². The molecule has 0 amide bonds. The molecular formula is C41H70O8. The molecule has 0 spiro atoms. The van der Waals surface area contributed by atoms with E-state index < -0.39 is 0 Å². The monoisotopic (exact) mass is 691 g/mol. The van der Waals surface area contributed by atoms with Crippen molar-refractivity contribution in [2.24, 2.45) is 0 Å². The van der Waals surface area contributed by atoms with E-state index in [2.05, 4.69) is 6.92 Å². The Balaban J connectivity index is 1.27. The van der Waals surface area contributed by atoms with Crippen LogP contribution in [-0.4, -0.2) is 60.6 Å². The first-order valence-corrected chi connectivity index (χ1v) is 20.3. The fourth-order valence-corrected chi connectivity index (χ4v) is 7.91. The van der Waals surface area contributed by atoms with Crippen LogP contribution in [0.25, 0.3) is 0 Å². The van der Waals surface area contributed by atoms with E-state index in [9.17, 15) is 14.4 Å². The highest BCUT2D eigenvalue weighted by molar-refractivity contribution is 5.90. The normalized spacial score (nSPS) is 24.9. The molecule has 0 bridgehead atoms. The maximum Gasteiger partial charge on any atom is 0.334 e. The lowest BCUT2D eigenvalue weighted by molar-refractivity contribution is -0.164. The SMILES string of the molecule is CCCCCCCCCC[C@@H](OC(C)=O)[C@H]1CC[C@@H]([C@@H]2CC[C@H]([C@@H](CCCCCCCCCCCCC3=C[C@H](C)OC3=O)OC(C)=O)O2)O1. The Morgan fingerprint density at radius 3 is 1.45 bits per heavy atom. The van der Waals surface area contributed by atoms with Crippen LogP contribution >= 0.6 is 0 Å². The molecule has 3 heterocycles. The fourth-order valence-electron chi connectivity index (χ4n) is 7.91. The quantitative estimate of drug-likeness (QED) is 0.0477. The Bertz CT molecular complexity index is 979. The minimum Gasteiger partial charge on any atom is -0.460 e. The van der Waals surface area contributed by atoms with E-state index in [-0.39, 0.29) is 60.6 Å². The molecule has 0 aromatic heterocycles. The summed E-state index contributed by atoms with van der Waals surface area (Å²) in [6, 6.07) is 0. The fraction of sp³-hybridized carbons (Fsp3) is 0.878. The largest absolute Gasteiger partial charge is 0.460 e. The first-order valence-electron chi connectivity index (χ1n) is 20.3. The number of esters is 3. The number of carbonyl (C=O) groups excluding carboxylic acids is 3. The van der Waals surface area contributed by atoms with Gasteiger partial charge in [-0.1, -0.05) is 103 Å². The van der Waals surface area contributed by atoms with Gasteiger partial charge in [0.1, 0.15) is 18.3 Å². The maximum absolute atomic E-state index is 12.0. The third-order valence-electron chi connectivity index (χ3n) is 10.6. The van der Waals surface area contributed by atoms with E-state index in [0.29, 0.717) is 0 Å². The van der Waals surface area contributed by atoms with Crippen molar-refractivity contribution in [3.05, 3.63) is 11.6 Å². The van der Waals surface area contributed by atoms with Gasteiger partial charge in [-0.15, -0.1) is 0 Å². The highest BCUT2D eigenvalue weighted by atomic mass is 16.6. The summed E-state index contributed by atoms with van der Waals surface area (Å²) in [4.78, 5) is 35.6. The maximum atomic E-state index is 12.0. The van der Waals surface area contributed by atoms with Gasteiger partial charge < -0.3 is 23.7 Å². The summed E-state index contributed by atoms with van der Waals surface area (Å²) in [6.07, 6.45) is 29.3. The molecule has 8 heteroatoms. The van der Waals surface area contributed by atoms with Crippen molar-refractivity contribution >= 4 is 17.9 Å². The van der Waals surface area contributed by atoms with Gasteiger partial charge in [-0.2, -0.15) is 0 Å². The van der Waals surface area contributed by atoms with Gasteiger partial charge in [0.15, 0.2) is 0 Å². The number of ether oxygens (including phenoxy) is 5.